The van der Waals surface area contributed by atoms with E-state index in [0.717, 1.165) is 12.8 Å². The number of nitrogens with zero attached hydrogens (tertiary/aromatic N) is 2. The van der Waals surface area contributed by atoms with Crippen molar-refractivity contribution in [1.29, 1.82) is 0 Å². The van der Waals surface area contributed by atoms with Gasteiger partial charge in [0.05, 0.1) is 18.9 Å². The number of hydrogen-bond acceptors (Lipinski definition) is 4. The third kappa shape index (κ3) is 3.65. The van der Waals surface area contributed by atoms with E-state index in [1.807, 2.05) is 0 Å². The minimum absolute atomic E-state index is 0.158. The number of esters is 1. The molecule has 0 aromatic heterocycles. The quantitative estimate of drug-likeness (QED) is 0.762. The summed E-state index contributed by atoms with van der Waals surface area (Å²) in [6, 6.07) is -0.158. The van der Waals surface area contributed by atoms with E-state index >= 15 is 0 Å². The smallest absolute Gasteiger partial charge is 0.320 e. The van der Waals surface area contributed by atoms with Crippen molar-refractivity contribution < 1.29 is 24.2 Å². The first-order chi connectivity index (χ1) is 10.0. The summed E-state index contributed by atoms with van der Waals surface area (Å²) < 4.78 is 4.74. The zero-order chi connectivity index (χ0) is 15.4. The maximum atomic E-state index is 12.5. The number of rotatable bonds is 2. The molecule has 118 valence electrons. The van der Waals surface area contributed by atoms with Gasteiger partial charge in [-0.05, 0) is 25.7 Å². The Morgan fingerprint density at radius 1 is 1.00 bits per heavy atom. The van der Waals surface area contributed by atoms with Crippen molar-refractivity contribution in [3.63, 3.8) is 0 Å². The number of carboxylic acid groups (broad SMARTS) is 1. The van der Waals surface area contributed by atoms with Gasteiger partial charge < -0.3 is 19.6 Å². The summed E-state index contributed by atoms with van der Waals surface area (Å²) >= 11 is 0. The summed E-state index contributed by atoms with van der Waals surface area (Å²) in [5, 5.41) is 9.08. The summed E-state index contributed by atoms with van der Waals surface area (Å²) in [5.74, 6) is -1.88. The van der Waals surface area contributed by atoms with Crippen LogP contribution in [0.2, 0.25) is 0 Å². The van der Waals surface area contributed by atoms with E-state index in [0.29, 0.717) is 32.5 Å². The van der Waals surface area contributed by atoms with Gasteiger partial charge in [-0.2, -0.15) is 0 Å². The van der Waals surface area contributed by atoms with Gasteiger partial charge in [0.2, 0.25) is 0 Å². The second kappa shape index (κ2) is 6.78. The van der Waals surface area contributed by atoms with Crippen LogP contribution in [0.25, 0.3) is 0 Å². The van der Waals surface area contributed by atoms with E-state index in [1.54, 1.807) is 9.80 Å². The van der Waals surface area contributed by atoms with Gasteiger partial charge >= 0.3 is 18.0 Å². The highest BCUT2D eigenvalue weighted by Crippen LogP contribution is 2.22. The molecule has 21 heavy (non-hydrogen) atoms. The molecule has 0 saturated carbocycles. The number of carboxylic acids is 1. The number of likely N-dealkylation sites (tertiary alicyclic amines) is 2. The molecule has 0 aliphatic carbocycles. The number of carbonyl (C=O) groups excluding carboxylic acids is 2. The summed E-state index contributed by atoms with van der Waals surface area (Å²) in [6.45, 7) is 1.82. The minimum atomic E-state index is -0.849. The van der Waals surface area contributed by atoms with Crippen LogP contribution in [0.1, 0.15) is 25.7 Å². The Balaban J connectivity index is 1.95. The molecule has 0 radical (unpaired) electrons. The third-order valence-electron chi connectivity index (χ3n) is 4.27. The molecule has 2 aliphatic heterocycles. The van der Waals surface area contributed by atoms with Crippen LogP contribution in [-0.4, -0.2) is 66.2 Å². The fourth-order valence-corrected chi connectivity index (χ4v) is 3.06. The Morgan fingerprint density at radius 2 is 1.52 bits per heavy atom. The summed E-state index contributed by atoms with van der Waals surface area (Å²) in [7, 11) is 1.35. The van der Waals surface area contributed by atoms with Crippen molar-refractivity contribution in [1.82, 2.24) is 9.80 Å². The predicted molar refractivity (Wildman–Crippen MR) is 73.6 cm³/mol. The molecule has 7 heteroatoms. The van der Waals surface area contributed by atoms with E-state index in [4.69, 9.17) is 9.84 Å². The zero-order valence-electron chi connectivity index (χ0n) is 12.3. The molecule has 0 spiro atoms. The molecular formula is C14H22N2O5. The van der Waals surface area contributed by atoms with E-state index in [9.17, 15) is 14.4 Å². The third-order valence-corrected chi connectivity index (χ3v) is 4.27. The largest absolute Gasteiger partial charge is 0.481 e. The van der Waals surface area contributed by atoms with Crippen LogP contribution in [0.5, 0.6) is 0 Å². The monoisotopic (exact) mass is 298 g/mol. The lowest BCUT2D eigenvalue weighted by atomic mass is 9.97. The number of amides is 2. The highest BCUT2D eigenvalue weighted by atomic mass is 16.5. The second-order valence-corrected chi connectivity index (χ2v) is 5.71. The van der Waals surface area contributed by atoms with Crippen molar-refractivity contribution in [2.75, 3.05) is 33.3 Å². The van der Waals surface area contributed by atoms with Crippen molar-refractivity contribution in [2.24, 2.45) is 11.8 Å². The number of carbonyl (C=O) groups is 3. The Kier molecular flexibility index (Phi) is 5.03. The minimum Gasteiger partial charge on any atom is -0.481 e. The standard InChI is InChI=1S/C14H22N2O5/c1-21-13(19)11-5-3-7-16(9-11)14(20)15-6-2-4-10(8-15)12(17)18/h10-11H,2-9H2,1H3,(H,17,18). The van der Waals surface area contributed by atoms with Gasteiger partial charge in [-0.25, -0.2) is 4.79 Å². The molecule has 2 aliphatic rings. The van der Waals surface area contributed by atoms with Gasteiger partial charge in [-0.3, -0.25) is 9.59 Å². The van der Waals surface area contributed by atoms with Crippen LogP contribution in [0.3, 0.4) is 0 Å². The average molecular weight is 298 g/mol. The van der Waals surface area contributed by atoms with Crippen molar-refractivity contribution >= 4 is 18.0 Å². The van der Waals surface area contributed by atoms with Crippen molar-refractivity contribution in [3.8, 4) is 0 Å². The molecule has 0 aromatic rings. The Hall–Kier alpha value is -1.79. The van der Waals surface area contributed by atoms with Gasteiger partial charge in [-0.15, -0.1) is 0 Å². The molecule has 2 amide bonds. The first kappa shape index (κ1) is 15.6. The van der Waals surface area contributed by atoms with Crippen LogP contribution in [0.4, 0.5) is 4.79 Å². The Labute approximate surface area is 123 Å². The van der Waals surface area contributed by atoms with Gasteiger partial charge in [0.25, 0.3) is 0 Å². The first-order valence-corrected chi connectivity index (χ1v) is 7.37. The summed E-state index contributed by atoms with van der Waals surface area (Å²) in [5.41, 5.74) is 0. The van der Waals surface area contributed by atoms with Crippen LogP contribution in [0.15, 0.2) is 0 Å². The molecule has 2 unspecified atom stereocenters. The van der Waals surface area contributed by atoms with Crippen LogP contribution < -0.4 is 0 Å². The van der Waals surface area contributed by atoms with Gasteiger partial charge in [0.1, 0.15) is 0 Å². The Morgan fingerprint density at radius 3 is 2.05 bits per heavy atom. The number of ether oxygens (including phenoxy) is 1. The average Bonchev–Trinajstić information content (AvgIpc) is 2.53. The van der Waals surface area contributed by atoms with Gasteiger partial charge in [0.15, 0.2) is 0 Å². The number of hydrogen-bond donors (Lipinski definition) is 1. The number of urea groups is 1. The lowest BCUT2D eigenvalue weighted by Gasteiger charge is -2.38. The normalized spacial score (nSPS) is 26.3. The molecule has 2 rings (SSSR count). The van der Waals surface area contributed by atoms with E-state index in [1.165, 1.54) is 7.11 Å². The van der Waals surface area contributed by atoms with E-state index in [2.05, 4.69) is 0 Å². The van der Waals surface area contributed by atoms with Gasteiger partial charge in [0, 0.05) is 26.2 Å². The van der Waals surface area contributed by atoms with Crippen molar-refractivity contribution in [2.45, 2.75) is 25.7 Å². The molecule has 7 nitrogen and oxygen atoms in total. The predicted octanol–water partition coefficient (Wildman–Crippen LogP) is 0.788. The fourth-order valence-electron chi connectivity index (χ4n) is 3.06. The van der Waals surface area contributed by atoms with Crippen LogP contribution in [-0.2, 0) is 14.3 Å². The van der Waals surface area contributed by atoms with Crippen LogP contribution >= 0.6 is 0 Å². The maximum absolute atomic E-state index is 12.5. The SMILES string of the molecule is COC(=O)C1CCCN(C(=O)N2CCCC(C(=O)O)C2)C1. The number of piperidine rings is 2. The highest BCUT2D eigenvalue weighted by molar-refractivity contribution is 5.78. The molecule has 0 bridgehead atoms. The fraction of sp³-hybridized carbons (Fsp3) is 0.786. The molecular weight excluding hydrogens is 276 g/mol. The molecule has 2 fully saturated rings. The highest BCUT2D eigenvalue weighted by Gasteiger charge is 2.34. The zero-order valence-corrected chi connectivity index (χ0v) is 12.3. The second-order valence-electron chi connectivity index (χ2n) is 5.71. The van der Waals surface area contributed by atoms with Crippen LogP contribution in [0, 0.1) is 11.8 Å². The summed E-state index contributed by atoms with van der Waals surface area (Å²) in [6.07, 6.45) is 2.82. The first-order valence-electron chi connectivity index (χ1n) is 7.37. The van der Waals surface area contributed by atoms with Crippen molar-refractivity contribution in [3.05, 3.63) is 0 Å². The van der Waals surface area contributed by atoms with E-state index in [-0.39, 0.29) is 24.5 Å². The Bertz CT molecular complexity index is 426. The maximum Gasteiger partial charge on any atom is 0.320 e. The lowest BCUT2D eigenvalue weighted by Crippen LogP contribution is -2.52. The molecule has 2 saturated heterocycles. The summed E-state index contributed by atoms with van der Waals surface area (Å²) in [4.78, 5) is 38.4. The van der Waals surface area contributed by atoms with E-state index < -0.39 is 11.9 Å². The lowest BCUT2D eigenvalue weighted by molar-refractivity contribution is -0.146. The van der Waals surface area contributed by atoms with Gasteiger partial charge in [-0.1, -0.05) is 0 Å². The molecule has 1 N–H and O–H groups in total. The molecule has 0 aromatic carbocycles. The molecule has 2 heterocycles. The molecule has 2 atom stereocenters. The number of aliphatic carboxylic acids is 1. The topological polar surface area (TPSA) is 87.2 Å². The number of methoxy groups -OCH3 is 1.